The van der Waals surface area contributed by atoms with E-state index >= 15 is 0 Å². The first kappa shape index (κ1) is 19.2. The third-order valence-electron chi connectivity index (χ3n) is 4.31. The molecule has 2 aromatic carbocycles. The van der Waals surface area contributed by atoms with Crippen LogP contribution in [0.15, 0.2) is 54.7 Å². The van der Waals surface area contributed by atoms with E-state index in [2.05, 4.69) is 15.6 Å². The van der Waals surface area contributed by atoms with E-state index in [9.17, 15) is 9.59 Å². The van der Waals surface area contributed by atoms with Gasteiger partial charge in [-0.05, 0) is 36.8 Å². The van der Waals surface area contributed by atoms with Crippen LogP contribution in [0, 0.1) is 0 Å². The fourth-order valence-electron chi connectivity index (χ4n) is 2.79. The molecule has 28 heavy (non-hydrogen) atoms. The van der Waals surface area contributed by atoms with Crippen LogP contribution in [0.5, 0.6) is 11.5 Å². The minimum atomic E-state index is -0.760. The highest BCUT2D eigenvalue weighted by Gasteiger charge is 2.18. The van der Waals surface area contributed by atoms with E-state index in [0.29, 0.717) is 17.2 Å². The first-order valence-electron chi connectivity index (χ1n) is 8.70. The SMILES string of the molecule is COc1ccc(C(C)NC(=O)C(=O)Nc2cnc3ccccc3c2)cc1OC. The number of para-hydroxylation sites is 1. The largest absolute Gasteiger partial charge is 0.493 e. The Labute approximate surface area is 162 Å². The third kappa shape index (κ3) is 4.20. The highest BCUT2D eigenvalue weighted by Crippen LogP contribution is 2.29. The second-order valence-corrected chi connectivity index (χ2v) is 6.18. The predicted octanol–water partition coefficient (Wildman–Crippen LogP) is 3.07. The maximum Gasteiger partial charge on any atom is 0.313 e. The lowest BCUT2D eigenvalue weighted by Crippen LogP contribution is -2.36. The molecule has 3 rings (SSSR count). The number of hydrogen-bond donors (Lipinski definition) is 2. The molecule has 0 radical (unpaired) electrons. The van der Waals surface area contributed by atoms with Gasteiger partial charge >= 0.3 is 11.8 Å². The van der Waals surface area contributed by atoms with Crippen LogP contribution in [0.3, 0.4) is 0 Å². The van der Waals surface area contributed by atoms with Gasteiger partial charge in [-0.15, -0.1) is 0 Å². The van der Waals surface area contributed by atoms with Crippen LogP contribution >= 0.6 is 0 Å². The maximum atomic E-state index is 12.3. The second-order valence-electron chi connectivity index (χ2n) is 6.18. The van der Waals surface area contributed by atoms with E-state index in [1.807, 2.05) is 24.3 Å². The van der Waals surface area contributed by atoms with Gasteiger partial charge in [-0.2, -0.15) is 0 Å². The molecule has 2 amide bonds. The molecule has 144 valence electrons. The number of amides is 2. The van der Waals surface area contributed by atoms with Gasteiger partial charge in [0.25, 0.3) is 0 Å². The van der Waals surface area contributed by atoms with Crippen LogP contribution in [0.1, 0.15) is 18.5 Å². The van der Waals surface area contributed by atoms with Crippen molar-refractivity contribution in [2.45, 2.75) is 13.0 Å². The lowest BCUT2D eigenvalue weighted by molar-refractivity contribution is -0.136. The number of carbonyl (C=O) groups is 2. The van der Waals surface area contributed by atoms with Crippen molar-refractivity contribution in [3.05, 3.63) is 60.3 Å². The van der Waals surface area contributed by atoms with Gasteiger partial charge in [0, 0.05) is 5.39 Å². The van der Waals surface area contributed by atoms with Crippen molar-refractivity contribution in [2.24, 2.45) is 0 Å². The lowest BCUT2D eigenvalue weighted by atomic mass is 10.1. The van der Waals surface area contributed by atoms with Crippen LogP contribution in [0.4, 0.5) is 5.69 Å². The summed E-state index contributed by atoms with van der Waals surface area (Å²) in [5, 5.41) is 6.12. The Hall–Kier alpha value is -3.61. The van der Waals surface area contributed by atoms with E-state index in [1.54, 1.807) is 38.3 Å². The van der Waals surface area contributed by atoms with Crippen LogP contribution in [0.25, 0.3) is 10.9 Å². The average molecular weight is 379 g/mol. The molecule has 1 atom stereocenters. The molecule has 0 spiro atoms. The van der Waals surface area contributed by atoms with Crippen molar-refractivity contribution in [2.75, 3.05) is 19.5 Å². The Balaban J connectivity index is 1.66. The van der Waals surface area contributed by atoms with Gasteiger partial charge in [-0.25, -0.2) is 0 Å². The van der Waals surface area contributed by atoms with E-state index in [0.717, 1.165) is 16.5 Å². The zero-order valence-corrected chi connectivity index (χ0v) is 15.9. The number of nitrogens with zero attached hydrogens (tertiary/aromatic N) is 1. The van der Waals surface area contributed by atoms with Gasteiger partial charge in [0.05, 0.1) is 37.7 Å². The van der Waals surface area contributed by atoms with Crippen molar-refractivity contribution in [3.8, 4) is 11.5 Å². The number of pyridine rings is 1. The fourth-order valence-corrected chi connectivity index (χ4v) is 2.79. The number of benzene rings is 2. The van der Waals surface area contributed by atoms with Gasteiger partial charge in [0.15, 0.2) is 11.5 Å². The van der Waals surface area contributed by atoms with E-state index in [-0.39, 0.29) is 0 Å². The fraction of sp³-hybridized carbons (Fsp3) is 0.190. The molecule has 0 aliphatic carbocycles. The summed E-state index contributed by atoms with van der Waals surface area (Å²) in [7, 11) is 3.09. The molecule has 0 aliphatic rings. The van der Waals surface area contributed by atoms with Crippen molar-refractivity contribution < 1.29 is 19.1 Å². The first-order valence-corrected chi connectivity index (χ1v) is 8.70. The molecular formula is C21H21N3O4. The summed E-state index contributed by atoms with van der Waals surface area (Å²) in [4.78, 5) is 28.8. The topological polar surface area (TPSA) is 89.5 Å². The van der Waals surface area contributed by atoms with Crippen molar-refractivity contribution in [1.82, 2.24) is 10.3 Å². The minimum Gasteiger partial charge on any atom is -0.493 e. The molecule has 7 nitrogen and oxygen atoms in total. The summed E-state index contributed by atoms with van der Waals surface area (Å²) in [6.07, 6.45) is 1.52. The standard InChI is InChI=1S/C21H21N3O4/c1-13(14-8-9-18(27-2)19(11-14)28-3)23-20(25)21(26)24-16-10-15-6-4-5-7-17(15)22-12-16/h4-13H,1-3H3,(H,23,25)(H,24,26). The van der Waals surface area contributed by atoms with Gasteiger partial charge in [0.1, 0.15) is 0 Å². The zero-order valence-electron chi connectivity index (χ0n) is 15.9. The Bertz CT molecular complexity index is 1020. The number of anilines is 1. The van der Waals surface area contributed by atoms with Gasteiger partial charge < -0.3 is 20.1 Å². The normalized spacial score (nSPS) is 11.5. The van der Waals surface area contributed by atoms with Gasteiger partial charge in [0.2, 0.25) is 0 Å². The van der Waals surface area contributed by atoms with E-state index < -0.39 is 17.9 Å². The van der Waals surface area contributed by atoms with Crippen molar-refractivity contribution in [3.63, 3.8) is 0 Å². The maximum absolute atomic E-state index is 12.3. The summed E-state index contributed by atoms with van der Waals surface area (Å²) in [5.74, 6) is -0.362. The Morgan fingerprint density at radius 2 is 1.71 bits per heavy atom. The van der Waals surface area contributed by atoms with Gasteiger partial charge in [-0.3, -0.25) is 14.6 Å². The number of nitrogens with one attached hydrogen (secondary N) is 2. The number of rotatable bonds is 5. The monoisotopic (exact) mass is 379 g/mol. The van der Waals surface area contributed by atoms with Crippen molar-refractivity contribution in [1.29, 1.82) is 0 Å². The van der Waals surface area contributed by atoms with Crippen LogP contribution in [-0.2, 0) is 9.59 Å². The summed E-state index contributed by atoms with van der Waals surface area (Å²) in [6, 6.07) is 14.2. The number of hydrogen-bond acceptors (Lipinski definition) is 5. The quantitative estimate of drug-likeness (QED) is 0.665. The number of aromatic nitrogens is 1. The highest BCUT2D eigenvalue weighted by molar-refractivity contribution is 6.39. The molecule has 0 saturated carbocycles. The lowest BCUT2D eigenvalue weighted by Gasteiger charge is -2.16. The Kier molecular flexibility index (Phi) is 5.74. The van der Waals surface area contributed by atoms with Crippen LogP contribution in [0.2, 0.25) is 0 Å². The van der Waals surface area contributed by atoms with E-state index in [4.69, 9.17) is 9.47 Å². The van der Waals surface area contributed by atoms with Crippen LogP contribution in [-0.4, -0.2) is 31.0 Å². The molecule has 0 bridgehead atoms. The van der Waals surface area contributed by atoms with E-state index in [1.165, 1.54) is 13.3 Å². The first-order chi connectivity index (χ1) is 13.5. The van der Waals surface area contributed by atoms with Crippen LogP contribution < -0.4 is 20.1 Å². The predicted molar refractivity (Wildman–Crippen MR) is 106 cm³/mol. The molecule has 1 heterocycles. The highest BCUT2D eigenvalue weighted by atomic mass is 16.5. The minimum absolute atomic E-state index is 0.396. The molecule has 7 heteroatoms. The Morgan fingerprint density at radius 3 is 2.46 bits per heavy atom. The molecule has 1 aromatic heterocycles. The van der Waals surface area contributed by atoms with Gasteiger partial charge in [-0.1, -0.05) is 24.3 Å². The smallest absolute Gasteiger partial charge is 0.313 e. The molecule has 0 aliphatic heterocycles. The summed E-state index contributed by atoms with van der Waals surface area (Å²) >= 11 is 0. The summed E-state index contributed by atoms with van der Waals surface area (Å²) in [6.45, 7) is 1.78. The molecule has 2 N–H and O–H groups in total. The number of fused-ring (bicyclic) bond motifs is 1. The molecule has 1 unspecified atom stereocenters. The number of carbonyl (C=O) groups excluding carboxylic acids is 2. The number of ether oxygens (including phenoxy) is 2. The zero-order chi connectivity index (χ0) is 20.1. The average Bonchev–Trinajstić information content (AvgIpc) is 2.72. The molecule has 3 aromatic rings. The van der Waals surface area contributed by atoms with Crippen molar-refractivity contribution >= 4 is 28.4 Å². The molecule has 0 saturated heterocycles. The molecular weight excluding hydrogens is 358 g/mol. The second kappa shape index (κ2) is 8.39. The number of methoxy groups -OCH3 is 2. The summed E-state index contributed by atoms with van der Waals surface area (Å²) in [5.41, 5.74) is 2.05. The molecule has 0 fully saturated rings. The summed E-state index contributed by atoms with van der Waals surface area (Å²) < 4.78 is 10.5. The third-order valence-corrected chi connectivity index (χ3v) is 4.31. The Morgan fingerprint density at radius 1 is 0.964 bits per heavy atom.